The molecule has 0 N–H and O–H groups in total. The third-order valence-corrected chi connectivity index (χ3v) is 4.66. The van der Waals surface area contributed by atoms with Crippen molar-refractivity contribution in [1.29, 1.82) is 0 Å². The van der Waals surface area contributed by atoms with Crippen molar-refractivity contribution in [2.45, 2.75) is 46.0 Å². The SMILES string of the molecule is Cc1cc(C(=O)CCN2CCCCCC2)c(C)s1. The summed E-state index contributed by atoms with van der Waals surface area (Å²) in [6.07, 6.45) is 5.98. The number of hydrogen-bond acceptors (Lipinski definition) is 3. The maximum Gasteiger partial charge on any atom is 0.165 e. The maximum absolute atomic E-state index is 12.2. The van der Waals surface area contributed by atoms with Gasteiger partial charge in [-0.25, -0.2) is 0 Å². The first kappa shape index (κ1) is 13.8. The van der Waals surface area contributed by atoms with Gasteiger partial charge >= 0.3 is 0 Å². The Hall–Kier alpha value is -0.670. The number of rotatable bonds is 4. The summed E-state index contributed by atoms with van der Waals surface area (Å²) in [6, 6.07) is 2.05. The topological polar surface area (TPSA) is 20.3 Å². The van der Waals surface area contributed by atoms with Crippen molar-refractivity contribution in [3.05, 3.63) is 21.4 Å². The molecular weight excluding hydrogens is 242 g/mol. The van der Waals surface area contributed by atoms with Crippen molar-refractivity contribution in [3.63, 3.8) is 0 Å². The van der Waals surface area contributed by atoms with Gasteiger partial charge < -0.3 is 4.90 Å². The molecule has 100 valence electrons. The summed E-state index contributed by atoms with van der Waals surface area (Å²) in [7, 11) is 0. The molecule has 0 radical (unpaired) electrons. The molecule has 1 aliphatic heterocycles. The van der Waals surface area contributed by atoms with Crippen LogP contribution < -0.4 is 0 Å². The van der Waals surface area contributed by atoms with Gasteiger partial charge in [-0.3, -0.25) is 4.79 Å². The Labute approximate surface area is 114 Å². The lowest BCUT2D eigenvalue weighted by Gasteiger charge is -2.18. The molecule has 1 saturated heterocycles. The van der Waals surface area contributed by atoms with Gasteiger partial charge in [-0.05, 0) is 45.8 Å². The second-order valence-corrected chi connectivity index (χ2v) is 6.72. The standard InChI is InChI=1S/C15H23NOS/c1-12-11-14(13(2)18-12)15(17)7-10-16-8-5-3-4-6-9-16/h11H,3-10H2,1-2H3. The third-order valence-electron chi connectivity index (χ3n) is 3.70. The number of carbonyl (C=O) groups excluding carboxylic acids is 1. The highest BCUT2D eigenvalue weighted by Crippen LogP contribution is 2.22. The number of Topliss-reactive ketones (excluding diaryl/α,β-unsaturated/α-hetero) is 1. The van der Waals surface area contributed by atoms with Crippen molar-refractivity contribution in [3.8, 4) is 0 Å². The predicted octanol–water partition coefficient (Wildman–Crippen LogP) is 3.81. The van der Waals surface area contributed by atoms with Crippen LogP contribution in [0.1, 0.15) is 52.2 Å². The van der Waals surface area contributed by atoms with Crippen LogP contribution in [0, 0.1) is 13.8 Å². The van der Waals surface area contributed by atoms with Crippen molar-refractivity contribution < 1.29 is 4.79 Å². The zero-order chi connectivity index (χ0) is 13.0. The van der Waals surface area contributed by atoms with Gasteiger partial charge in [0.25, 0.3) is 0 Å². The van der Waals surface area contributed by atoms with Crippen LogP contribution >= 0.6 is 11.3 Å². The molecule has 2 heterocycles. The molecule has 0 bridgehead atoms. The molecule has 0 aromatic carbocycles. The fraction of sp³-hybridized carbons (Fsp3) is 0.667. The number of hydrogen-bond donors (Lipinski definition) is 0. The Morgan fingerprint density at radius 2 is 1.89 bits per heavy atom. The molecule has 0 unspecified atom stereocenters. The van der Waals surface area contributed by atoms with E-state index in [1.54, 1.807) is 11.3 Å². The zero-order valence-electron chi connectivity index (χ0n) is 11.5. The average Bonchev–Trinajstić information content (AvgIpc) is 2.57. The Bertz CT molecular complexity index is 403. The lowest BCUT2D eigenvalue weighted by molar-refractivity contribution is 0.0964. The molecule has 0 spiro atoms. The van der Waals surface area contributed by atoms with Crippen LogP contribution in [0.2, 0.25) is 0 Å². The van der Waals surface area contributed by atoms with Crippen LogP contribution in [-0.4, -0.2) is 30.3 Å². The molecule has 1 fully saturated rings. The minimum atomic E-state index is 0.320. The van der Waals surface area contributed by atoms with Crippen molar-refractivity contribution in [2.75, 3.05) is 19.6 Å². The molecule has 0 amide bonds. The monoisotopic (exact) mass is 265 g/mol. The highest BCUT2D eigenvalue weighted by molar-refractivity contribution is 7.12. The molecule has 18 heavy (non-hydrogen) atoms. The van der Waals surface area contributed by atoms with E-state index in [0.29, 0.717) is 12.2 Å². The number of carbonyl (C=O) groups is 1. The molecule has 0 atom stereocenters. The summed E-state index contributed by atoms with van der Waals surface area (Å²) in [5, 5.41) is 0. The summed E-state index contributed by atoms with van der Waals surface area (Å²) in [6.45, 7) is 7.41. The van der Waals surface area contributed by atoms with Gasteiger partial charge in [0.1, 0.15) is 0 Å². The summed E-state index contributed by atoms with van der Waals surface area (Å²) >= 11 is 1.73. The number of ketones is 1. The lowest BCUT2D eigenvalue weighted by Crippen LogP contribution is -2.27. The van der Waals surface area contributed by atoms with E-state index in [4.69, 9.17) is 0 Å². The van der Waals surface area contributed by atoms with Crippen molar-refractivity contribution in [2.24, 2.45) is 0 Å². The molecule has 3 heteroatoms. The van der Waals surface area contributed by atoms with Crippen LogP contribution in [0.3, 0.4) is 0 Å². The van der Waals surface area contributed by atoms with Gasteiger partial charge in [0.15, 0.2) is 5.78 Å². The first-order valence-corrected chi connectivity index (χ1v) is 7.81. The van der Waals surface area contributed by atoms with Gasteiger partial charge in [-0.2, -0.15) is 0 Å². The zero-order valence-corrected chi connectivity index (χ0v) is 12.3. The fourth-order valence-corrected chi connectivity index (χ4v) is 3.60. The van der Waals surface area contributed by atoms with Gasteiger partial charge in [-0.15, -0.1) is 11.3 Å². The Kier molecular flexibility index (Phi) is 4.95. The summed E-state index contributed by atoms with van der Waals surface area (Å²) in [5.41, 5.74) is 0.951. The van der Waals surface area contributed by atoms with Crippen LogP contribution in [0.25, 0.3) is 0 Å². The smallest absolute Gasteiger partial charge is 0.165 e. The second kappa shape index (κ2) is 6.48. The average molecular weight is 265 g/mol. The number of nitrogens with zero attached hydrogens (tertiary/aromatic N) is 1. The van der Waals surface area contributed by atoms with Gasteiger partial charge in [0.2, 0.25) is 0 Å². The molecule has 2 nitrogen and oxygen atoms in total. The minimum Gasteiger partial charge on any atom is -0.303 e. The minimum absolute atomic E-state index is 0.320. The number of likely N-dealkylation sites (tertiary alicyclic amines) is 1. The first-order valence-electron chi connectivity index (χ1n) is 6.99. The number of aryl methyl sites for hydroxylation is 2. The fourth-order valence-electron chi connectivity index (χ4n) is 2.66. The van der Waals surface area contributed by atoms with E-state index in [0.717, 1.165) is 12.1 Å². The van der Waals surface area contributed by atoms with E-state index in [2.05, 4.69) is 18.7 Å². The van der Waals surface area contributed by atoms with Gasteiger partial charge in [0.05, 0.1) is 0 Å². The highest BCUT2D eigenvalue weighted by atomic mass is 32.1. The third kappa shape index (κ3) is 3.66. The molecule has 1 aromatic rings. The second-order valence-electron chi connectivity index (χ2n) is 5.26. The highest BCUT2D eigenvalue weighted by Gasteiger charge is 2.14. The van der Waals surface area contributed by atoms with E-state index >= 15 is 0 Å². The molecular formula is C15H23NOS. The normalized spacial score (nSPS) is 17.7. The van der Waals surface area contributed by atoms with Crippen LogP contribution in [0.4, 0.5) is 0 Å². The van der Waals surface area contributed by atoms with Crippen molar-refractivity contribution in [1.82, 2.24) is 4.90 Å². The van der Waals surface area contributed by atoms with Gasteiger partial charge in [-0.1, -0.05) is 12.8 Å². The lowest BCUT2D eigenvalue weighted by atomic mass is 10.1. The summed E-state index contributed by atoms with van der Waals surface area (Å²) < 4.78 is 0. The Morgan fingerprint density at radius 1 is 1.22 bits per heavy atom. The Balaban J connectivity index is 1.85. The predicted molar refractivity (Wildman–Crippen MR) is 77.6 cm³/mol. The largest absolute Gasteiger partial charge is 0.303 e. The van der Waals surface area contributed by atoms with E-state index in [1.165, 1.54) is 48.5 Å². The van der Waals surface area contributed by atoms with Crippen LogP contribution in [0.5, 0.6) is 0 Å². The summed E-state index contributed by atoms with van der Waals surface area (Å²) in [5.74, 6) is 0.320. The van der Waals surface area contributed by atoms with Gasteiger partial charge in [0, 0.05) is 28.3 Å². The van der Waals surface area contributed by atoms with E-state index in [1.807, 2.05) is 6.07 Å². The van der Waals surface area contributed by atoms with E-state index < -0.39 is 0 Å². The number of thiophene rings is 1. The maximum atomic E-state index is 12.2. The van der Waals surface area contributed by atoms with Crippen molar-refractivity contribution >= 4 is 17.1 Å². The van der Waals surface area contributed by atoms with E-state index in [-0.39, 0.29) is 0 Å². The summed E-state index contributed by atoms with van der Waals surface area (Å²) in [4.78, 5) is 17.1. The molecule has 2 rings (SSSR count). The van der Waals surface area contributed by atoms with Crippen LogP contribution in [-0.2, 0) is 0 Å². The molecule has 1 aromatic heterocycles. The quantitative estimate of drug-likeness (QED) is 0.772. The van der Waals surface area contributed by atoms with Crippen LogP contribution in [0.15, 0.2) is 6.07 Å². The molecule has 0 aliphatic carbocycles. The molecule has 1 aliphatic rings. The molecule has 0 saturated carbocycles. The Morgan fingerprint density at radius 3 is 2.44 bits per heavy atom. The van der Waals surface area contributed by atoms with E-state index in [9.17, 15) is 4.79 Å². The first-order chi connectivity index (χ1) is 8.66.